The van der Waals surface area contributed by atoms with Gasteiger partial charge in [0.05, 0.1) is 12.2 Å². The quantitative estimate of drug-likeness (QED) is 0.861. The van der Waals surface area contributed by atoms with Crippen LogP contribution in [0.5, 0.6) is 0 Å². The Morgan fingerprint density at radius 2 is 1.67 bits per heavy atom. The molecule has 2 aliphatic heterocycles. The van der Waals surface area contributed by atoms with E-state index in [0.29, 0.717) is 36.2 Å². The Hall–Kier alpha value is -1.72. The highest BCUT2D eigenvalue weighted by molar-refractivity contribution is 6.07. The van der Waals surface area contributed by atoms with Crippen molar-refractivity contribution in [3.05, 3.63) is 35.4 Å². The Morgan fingerprint density at radius 3 is 2.38 bits per heavy atom. The summed E-state index contributed by atoms with van der Waals surface area (Å²) in [5.74, 6) is 0.585. The van der Waals surface area contributed by atoms with Crippen LogP contribution in [0.3, 0.4) is 0 Å². The number of Topliss-reactive ketones (excluding diaryl/α,β-unsaturated/α-hetero) is 1. The maximum atomic E-state index is 12.7. The van der Waals surface area contributed by atoms with E-state index >= 15 is 0 Å². The molecule has 1 N–H and O–H groups in total. The second-order valence-electron chi connectivity index (χ2n) is 6.66. The van der Waals surface area contributed by atoms with E-state index in [2.05, 4.69) is 5.32 Å². The molecule has 2 atom stereocenters. The van der Waals surface area contributed by atoms with Crippen LogP contribution in [0.15, 0.2) is 24.3 Å². The highest BCUT2D eigenvalue weighted by Crippen LogP contribution is 2.30. The topological polar surface area (TPSA) is 64.6 Å². The third-order valence-electron chi connectivity index (χ3n) is 5.14. The van der Waals surface area contributed by atoms with Crippen molar-refractivity contribution in [2.45, 2.75) is 32.2 Å². The van der Waals surface area contributed by atoms with Crippen LogP contribution in [0.1, 0.15) is 46.9 Å². The largest absolute Gasteiger partial charge is 0.381 e. The maximum absolute atomic E-state index is 12.7. The molecule has 3 rings (SSSR count). The number of rotatable bonds is 4. The summed E-state index contributed by atoms with van der Waals surface area (Å²) >= 11 is 0. The molecule has 0 aliphatic carbocycles. The van der Waals surface area contributed by atoms with Gasteiger partial charge in [-0.1, -0.05) is 18.2 Å². The second kappa shape index (κ2) is 7.90. The van der Waals surface area contributed by atoms with Gasteiger partial charge in [-0.05, 0) is 38.2 Å². The number of ketones is 1. The lowest BCUT2D eigenvalue weighted by Crippen LogP contribution is -2.49. The smallest absolute Gasteiger partial charge is 0.252 e. The third kappa shape index (κ3) is 3.84. The molecule has 2 saturated heterocycles. The summed E-state index contributed by atoms with van der Waals surface area (Å²) in [4.78, 5) is 24.5. The fourth-order valence-corrected chi connectivity index (χ4v) is 3.78. The summed E-state index contributed by atoms with van der Waals surface area (Å²) in [6, 6.07) is 7.09. The lowest BCUT2D eigenvalue weighted by Gasteiger charge is -2.39. The fraction of sp³-hybridized carbons (Fsp3) is 0.579. The molecule has 0 aromatic heterocycles. The Kier molecular flexibility index (Phi) is 5.63. The van der Waals surface area contributed by atoms with Gasteiger partial charge in [0.15, 0.2) is 5.78 Å². The van der Waals surface area contributed by atoms with E-state index in [-0.39, 0.29) is 17.7 Å². The molecule has 130 valence electrons. The molecule has 5 nitrogen and oxygen atoms in total. The van der Waals surface area contributed by atoms with Gasteiger partial charge in [0, 0.05) is 37.3 Å². The van der Waals surface area contributed by atoms with Crippen LogP contribution in [-0.4, -0.2) is 44.2 Å². The Bertz CT molecular complexity index is 595. The highest BCUT2D eigenvalue weighted by Gasteiger charge is 2.34. The molecule has 0 radical (unpaired) electrons. The van der Waals surface area contributed by atoms with Crippen LogP contribution in [-0.2, 0) is 9.47 Å². The van der Waals surface area contributed by atoms with Gasteiger partial charge in [0.25, 0.3) is 5.91 Å². The summed E-state index contributed by atoms with van der Waals surface area (Å²) in [5.41, 5.74) is 0.937. The van der Waals surface area contributed by atoms with Crippen molar-refractivity contribution in [1.82, 2.24) is 5.32 Å². The van der Waals surface area contributed by atoms with Gasteiger partial charge in [-0.3, -0.25) is 9.59 Å². The summed E-state index contributed by atoms with van der Waals surface area (Å²) in [6.07, 6.45) is 2.85. The number of carbonyl (C=O) groups excluding carboxylic acids is 2. The first kappa shape index (κ1) is 17.1. The molecule has 2 aliphatic rings. The lowest BCUT2D eigenvalue weighted by atomic mass is 9.79. The number of carbonyl (C=O) groups is 2. The molecule has 2 heterocycles. The molecule has 1 aromatic carbocycles. The van der Waals surface area contributed by atoms with Crippen molar-refractivity contribution < 1.29 is 19.1 Å². The van der Waals surface area contributed by atoms with Crippen molar-refractivity contribution in [1.29, 1.82) is 0 Å². The van der Waals surface area contributed by atoms with Crippen molar-refractivity contribution in [3.63, 3.8) is 0 Å². The Labute approximate surface area is 142 Å². The van der Waals surface area contributed by atoms with Gasteiger partial charge in [0.1, 0.15) is 0 Å². The van der Waals surface area contributed by atoms with E-state index < -0.39 is 0 Å². The first-order valence-corrected chi connectivity index (χ1v) is 8.73. The van der Waals surface area contributed by atoms with Gasteiger partial charge >= 0.3 is 0 Å². The van der Waals surface area contributed by atoms with Gasteiger partial charge in [-0.2, -0.15) is 0 Å². The predicted octanol–water partition coefficient (Wildman–Crippen LogP) is 2.45. The van der Waals surface area contributed by atoms with Gasteiger partial charge in [-0.15, -0.1) is 0 Å². The van der Waals surface area contributed by atoms with Crippen LogP contribution in [0, 0.1) is 11.8 Å². The Balaban J connectivity index is 1.73. The van der Waals surface area contributed by atoms with E-state index in [0.717, 1.165) is 32.5 Å². The van der Waals surface area contributed by atoms with Crippen molar-refractivity contribution >= 4 is 11.7 Å². The minimum absolute atomic E-state index is 0.0892. The first-order chi connectivity index (χ1) is 11.7. The second-order valence-corrected chi connectivity index (χ2v) is 6.66. The van der Waals surface area contributed by atoms with E-state index in [1.165, 1.54) is 6.92 Å². The fourth-order valence-electron chi connectivity index (χ4n) is 3.78. The molecule has 1 aromatic rings. The van der Waals surface area contributed by atoms with Gasteiger partial charge < -0.3 is 14.8 Å². The molecule has 0 bridgehead atoms. The number of hydrogen-bond acceptors (Lipinski definition) is 4. The highest BCUT2D eigenvalue weighted by atomic mass is 16.5. The lowest BCUT2D eigenvalue weighted by molar-refractivity contribution is -0.0259. The zero-order valence-corrected chi connectivity index (χ0v) is 14.1. The minimum Gasteiger partial charge on any atom is -0.381 e. The van der Waals surface area contributed by atoms with E-state index in [9.17, 15) is 9.59 Å². The number of benzene rings is 1. The molecule has 24 heavy (non-hydrogen) atoms. The van der Waals surface area contributed by atoms with Gasteiger partial charge in [0.2, 0.25) is 0 Å². The van der Waals surface area contributed by atoms with E-state index in [1.54, 1.807) is 24.3 Å². The van der Waals surface area contributed by atoms with Crippen LogP contribution in [0.2, 0.25) is 0 Å². The van der Waals surface area contributed by atoms with Crippen molar-refractivity contribution in [3.8, 4) is 0 Å². The standard InChI is InChI=1S/C19H25NO4/c1-13(21)15-4-2-3-5-16(15)19(22)20-18-8-11-24-12-17(18)14-6-9-23-10-7-14/h2-5,14,17-18H,6-12H2,1H3,(H,20,22)/t17-,18-/m1/s1. The van der Waals surface area contributed by atoms with Crippen molar-refractivity contribution in [2.24, 2.45) is 11.8 Å². The van der Waals surface area contributed by atoms with Crippen LogP contribution in [0.25, 0.3) is 0 Å². The summed E-state index contributed by atoms with van der Waals surface area (Å²) in [6.45, 7) is 4.42. The minimum atomic E-state index is -0.162. The summed E-state index contributed by atoms with van der Waals surface area (Å²) in [5, 5.41) is 3.17. The molecule has 1 amide bonds. The van der Waals surface area contributed by atoms with Crippen molar-refractivity contribution in [2.75, 3.05) is 26.4 Å². The molecular weight excluding hydrogens is 306 g/mol. The maximum Gasteiger partial charge on any atom is 0.252 e. The molecule has 0 unspecified atom stereocenters. The number of amides is 1. The molecule has 0 spiro atoms. The first-order valence-electron chi connectivity index (χ1n) is 8.73. The number of ether oxygens (including phenoxy) is 2. The van der Waals surface area contributed by atoms with Crippen LogP contribution in [0.4, 0.5) is 0 Å². The summed E-state index contributed by atoms with van der Waals surface area (Å²) in [7, 11) is 0. The SMILES string of the molecule is CC(=O)c1ccccc1C(=O)N[C@@H]1CCOC[C@@H]1C1CCOCC1. The zero-order chi connectivity index (χ0) is 16.9. The van der Waals surface area contributed by atoms with Gasteiger partial charge in [-0.25, -0.2) is 0 Å². The van der Waals surface area contributed by atoms with Crippen LogP contribution >= 0.6 is 0 Å². The predicted molar refractivity (Wildman–Crippen MR) is 90.2 cm³/mol. The third-order valence-corrected chi connectivity index (χ3v) is 5.14. The van der Waals surface area contributed by atoms with E-state index in [1.807, 2.05) is 0 Å². The normalized spacial score (nSPS) is 25.2. The number of hydrogen-bond donors (Lipinski definition) is 1. The van der Waals surface area contributed by atoms with Crippen LogP contribution < -0.4 is 5.32 Å². The Morgan fingerprint density at radius 1 is 1.00 bits per heavy atom. The number of nitrogens with one attached hydrogen (secondary N) is 1. The average molecular weight is 331 g/mol. The summed E-state index contributed by atoms with van der Waals surface area (Å²) < 4.78 is 11.1. The molecular formula is C19H25NO4. The monoisotopic (exact) mass is 331 g/mol. The molecule has 0 saturated carbocycles. The van der Waals surface area contributed by atoms with E-state index in [4.69, 9.17) is 9.47 Å². The molecule has 2 fully saturated rings. The molecule has 5 heteroatoms. The average Bonchev–Trinajstić information content (AvgIpc) is 2.63. The zero-order valence-electron chi connectivity index (χ0n) is 14.1.